The Labute approximate surface area is 182 Å². The molecule has 1 aliphatic rings. The molecule has 1 aromatic heterocycles. The van der Waals surface area contributed by atoms with Crippen LogP contribution in [0.15, 0.2) is 47.4 Å². The number of carbonyl (C=O) groups excluding carboxylic acids is 2. The van der Waals surface area contributed by atoms with E-state index in [9.17, 15) is 18.0 Å². The van der Waals surface area contributed by atoms with Crippen LogP contribution in [0.25, 0.3) is 11.3 Å². The van der Waals surface area contributed by atoms with Crippen molar-refractivity contribution in [2.45, 2.75) is 18.7 Å². The van der Waals surface area contributed by atoms with Crippen LogP contribution in [0.4, 0.5) is 16.5 Å². The number of sulfonamides is 1. The summed E-state index contributed by atoms with van der Waals surface area (Å²) in [6.45, 7) is 3.18. The fraction of sp³-hybridized carbons (Fsp3) is 0.150. The van der Waals surface area contributed by atoms with E-state index < -0.39 is 10.0 Å². The molecule has 0 saturated carbocycles. The van der Waals surface area contributed by atoms with E-state index in [0.717, 1.165) is 10.4 Å². The Kier molecular flexibility index (Phi) is 5.38. The predicted molar refractivity (Wildman–Crippen MR) is 118 cm³/mol. The van der Waals surface area contributed by atoms with Crippen molar-refractivity contribution in [1.29, 1.82) is 0 Å². The third-order valence-corrected chi connectivity index (χ3v) is 6.76. The van der Waals surface area contributed by atoms with Gasteiger partial charge in [0.1, 0.15) is 5.75 Å². The summed E-state index contributed by atoms with van der Waals surface area (Å²) in [7, 11) is -3.86. The zero-order valence-electron chi connectivity index (χ0n) is 16.6. The average Bonchev–Trinajstić information content (AvgIpc) is 3.06. The number of anilines is 3. The number of benzene rings is 2. The summed E-state index contributed by atoms with van der Waals surface area (Å²) in [6, 6.07) is 11.1. The van der Waals surface area contributed by atoms with Crippen LogP contribution in [0.2, 0.25) is 0 Å². The van der Waals surface area contributed by atoms with Crippen LogP contribution >= 0.6 is 11.3 Å². The molecule has 2 aromatic carbocycles. The number of rotatable bonds is 5. The highest BCUT2D eigenvalue weighted by Gasteiger charge is 2.20. The molecule has 0 atom stereocenters. The van der Waals surface area contributed by atoms with E-state index in [2.05, 4.69) is 20.3 Å². The number of amides is 2. The third-order valence-electron chi connectivity index (χ3n) is 4.39. The van der Waals surface area contributed by atoms with Gasteiger partial charge in [-0.05, 0) is 49.4 Å². The highest BCUT2D eigenvalue weighted by atomic mass is 32.2. The van der Waals surface area contributed by atoms with Gasteiger partial charge in [-0.3, -0.25) is 14.3 Å². The molecule has 0 spiro atoms. The van der Waals surface area contributed by atoms with Crippen molar-refractivity contribution in [3.8, 4) is 17.0 Å². The van der Waals surface area contributed by atoms with Gasteiger partial charge in [0.25, 0.3) is 15.9 Å². The quantitative estimate of drug-likeness (QED) is 0.539. The second-order valence-corrected chi connectivity index (χ2v) is 9.67. The Morgan fingerprint density at radius 2 is 1.94 bits per heavy atom. The fourth-order valence-corrected chi connectivity index (χ4v) is 5.10. The first-order chi connectivity index (χ1) is 14.7. The number of nitrogens with one attached hydrogen (secondary N) is 3. The summed E-state index contributed by atoms with van der Waals surface area (Å²) in [5, 5.41) is 5.55. The van der Waals surface area contributed by atoms with Gasteiger partial charge in [-0.1, -0.05) is 0 Å². The molecule has 0 saturated heterocycles. The van der Waals surface area contributed by atoms with Crippen molar-refractivity contribution in [2.24, 2.45) is 0 Å². The van der Waals surface area contributed by atoms with Crippen molar-refractivity contribution >= 4 is 49.7 Å². The minimum Gasteiger partial charge on any atom is -0.482 e. The van der Waals surface area contributed by atoms with Gasteiger partial charge < -0.3 is 15.4 Å². The maximum absolute atomic E-state index is 12.7. The van der Waals surface area contributed by atoms with Gasteiger partial charge in [-0.25, -0.2) is 13.4 Å². The largest absolute Gasteiger partial charge is 0.482 e. The second-order valence-electron chi connectivity index (χ2n) is 6.78. The third kappa shape index (κ3) is 4.52. The highest BCUT2D eigenvalue weighted by molar-refractivity contribution is 7.93. The number of nitrogens with zero attached hydrogens (tertiary/aromatic N) is 1. The van der Waals surface area contributed by atoms with Gasteiger partial charge in [0.05, 0.1) is 16.3 Å². The standard InChI is InChI=1S/C20H18N4O5S2/c1-11-19(13-3-8-17-16(9-13)22-18(26)10-29-17)23-20(30-11)24-31(27,28)15-6-4-14(5-7-15)21-12(2)25/h3-9H,10H2,1-2H3,(H,21,25)(H,22,26)(H,23,24). The van der Waals surface area contributed by atoms with E-state index in [0.29, 0.717) is 22.8 Å². The number of fused-ring (bicyclic) bond motifs is 1. The normalized spacial score (nSPS) is 13.0. The zero-order chi connectivity index (χ0) is 22.2. The van der Waals surface area contributed by atoms with Crippen molar-refractivity contribution < 1.29 is 22.7 Å². The van der Waals surface area contributed by atoms with Gasteiger partial charge >= 0.3 is 0 Å². The van der Waals surface area contributed by atoms with Crippen LogP contribution in [-0.4, -0.2) is 31.8 Å². The molecule has 0 unspecified atom stereocenters. The first-order valence-electron chi connectivity index (χ1n) is 9.16. The lowest BCUT2D eigenvalue weighted by atomic mass is 10.1. The van der Waals surface area contributed by atoms with Crippen LogP contribution in [0.3, 0.4) is 0 Å². The molecule has 4 rings (SSSR count). The number of hydrogen-bond acceptors (Lipinski definition) is 7. The zero-order valence-corrected chi connectivity index (χ0v) is 18.2. The summed E-state index contributed by atoms with van der Waals surface area (Å²) in [6.07, 6.45) is 0. The van der Waals surface area contributed by atoms with Gasteiger partial charge in [-0.2, -0.15) is 0 Å². The van der Waals surface area contributed by atoms with E-state index in [-0.39, 0.29) is 28.4 Å². The SMILES string of the molecule is CC(=O)Nc1ccc(S(=O)(=O)Nc2nc(-c3ccc4c(c3)NC(=O)CO4)c(C)s2)cc1. The number of carbonyl (C=O) groups is 2. The van der Waals surface area contributed by atoms with Crippen molar-refractivity contribution in [2.75, 3.05) is 22.0 Å². The summed E-state index contributed by atoms with van der Waals surface area (Å²) in [5.74, 6) is 0.0883. The summed E-state index contributed by atoms with van der Waals surface area (Å²) >= 11 is 1.20. The van der Waals surface area contributed by atoms with E-state index in [1.165, 1.54) is 42.5 Å². The Morgan fingerprint density at radius 1 is 1.19 bits per heavy atom. The van der Waals surface area contributed by atoms with Crippen molar-refractivity contribution in [3.63, 3.8) is 0 Å². The predicted octanol–water partition coefficient (Wildman–Crippen LogP) is 3.21. The maximum atomic E-state index is 12.7. The molecule has 3 N–H and O–H groups in total. The number of thiazole rings is 1. The summed E-state index contributed by atoms with van der Waals surface area (Å²) < 4.78 is 33.3. The summed E-state index contributed by atoms with van der Waals surface area (Å²) in [4.78, 5) is 28.0. The second kappa shape index (κ2) is 8.00. The smallest absolute Gasteiger partial charge is 0.263 e. The monoisotopic (exact) mass is 458 g/mol. The number of aromatic nitrogens is 1. The molecular weight excluding hydrogens is 440 g/mol. The molecule has 31 heavy (non-hydrogen) atoms. The molecule has 160 valence electrons. The van der Waals surface area contributed by atoms with Crippen LogP contribution < -0.4 is 20.1 Å². The van der Waals surface area contributed by atoms with Crippen LogP contribution in [0.5, 0.6) is 5.75 Å². The number of ether oxygens (including phenoxy) is 1. The van der Waals surface area contributed by atoms with E-state index >= 15 is 0 Å². The van der Waals surface area contributed by atoms with Crippen LogP contribution in [-0.2, 0) is 19.6 Å². The molecule has 0 radical (unpaired) electrons. The van der Waals surface area contributed by atoms with E-state index in [1.807, 2.05) is 6.92 Å². The molecule has 2 amide bonds. The Hall–Kier alpha value is -3.44. The van der Waals surface area contributed by atoms with Gasteiger partial charge in [-0.15, -0.1) is 11.3 Å². The lowest BCUT2D eigenvalue weighted by molar-refractivity contribution is -0.118. The van der Waals surface area contributed by atoms with Crippen LogP contribution in [0, 0.1) is 6.92 Å². The minimum absolute atomic E-state index is 0.0280. The molecule has 0 bridgehead atoms. The summed E-state index contributed by atoms with van der Waals surface area (Å²) in [5.41, 5.74) is 2.37. The molecule has 0 fully saturated rings. The van der Waals surface area contributed by atoms with Gasteiger partial charge in [0.15, 0.2) is 11.7 Å². The van der Waals surface area contributed by atoms with Gasteiger partial charge in [0.2, 0.25) is 5.91 Å². The lowest BCUT2D eigenvalue weighted by Crippen LogP contribution is -2.25. The molecule has 11 heteroatoms. The molecule has 0 aliphatic carbocycles. The van der Waals surface area contributed by atoms with E-state index in [4.69, 9.17) is 4.74 Å². The van der Waals surface area contributed by atoms with Crippen LogP contribution in [0.1, 0.15) is 11.8 Å². The van der Waals surface area contributed by atoms with E-state index in [1.54, 1.807) is 18.2 Å². The Morgan fingerprint density at radius 3 is 2.65 bits per heavy atom. The first kappa shape index (κ1) is 20.8. The molecule has 1 aliphatic heterocycles. The van der Waals surface area contributed by atoms with Crippen molar-refractivity contribution in [1.82, 2.24) is 4.98 Å². The Bertz CT molecular complexity index is 1280. The first-order valence-corrected chi connectivity index (χ1v) is 11.5. The van der Waals surface area contributed by atoms with Crippen molar-refractivity contribution in [3.05, 3.63) is 47.3 Å². The fourth-order valence-electron chi connectivity index (χ4n) is 3.03. The van der Waals surface area contributed by atoms with Gasteiger partial charge in [0, 0.05) is 23.1 Å². The molecule has 3 aromatic rings. The Balaban J connectivity index is 1.57. The number of aryl methyl sites for hydroxylation is 1. The minimum atomic E-state index is -3.86. The molecular formula is C20H18N4O5S2. The number of hydrogen-bond donors (Lipinski definition) is 3. The maximum Gasteiger partial charge on any atom is 0.263 e. The average molecular weight is 459 g/mol. The highest BCUT2D eigenvalue weighted by Crippen LogP contribution is 2.36. The molecule has 9 nitrogen and oxygen atoms in total. The topological polar surface area (TPSA) is 126 Å². The molecule has 2 heterocycles. The lowest BCUT2D eigenvalue weighted by Gasteiger charge is -2.18.